The highest BCUT2D eigenvalue weighted by Gasteiger charge is 2.12. The number of oxazole rings is 1. The summed E-state index contributed by atoms with van der Waals surface area (Å²) < 4.78 is 5.77. The number of hydrogen-bond donors (Lipinski definition) is 1. The number of nitrogens with one attached hydrogen (secondary N) is 1. The molecule has 1 unspecified atom stereocenters. The van der Waals surface area contributed by atoms with Crippen LogP contribution in [0.25, 0.3) is 11.3 Å². The molecule has 1 atom stereocenters. The van der Waals surface area contributed by atoms with Crippen molar-refractivity contribution in [2.45, 2.75) is 26.8 Å². The molecule has 0 radical (unpaired) electrons. The van der Waals surface area contributed by atoms with E-state index in [1.165, 1.54) is 11.1 Å². The molecule has 0 saturated heterocycles. The molecule has 2 aromatic rings. The summed E-state index contributed by atoms with van der Waals surface area (Å²) in [4.78, 5) is 4.30. The molecule has 1 aromatic carbocycles. The Labute approximate surface area is 102 Å². The summed E-state index contributed by atoms with van der Waals surface area (Å²) in [7, 11) is 1.89. The Kier molecular flexibility index (Phi) is 3.29. The van der Waals surface area contributed by atoms with Gasteiger partial charge in [0.2, 0.25) is 5.89 Å². The lowest BCUT2D eigenvalue weighted by molar-refractivity contribution is 0.441. The molecule has 0 spiro atoms. The van der Waals surface area contributed by atoms with E-state index in [0.717, 1.165) is 17.2 Å². The van der Waals surface area contributed by atoms with E-state index >= 15 is 0 Å². The fraction of sp³-hybridized carbons (Fsp3) is 0.357. The molecule has 0 aliphatic heterocycles. The summed E-state index contributed by atoms with van der Waals surface area (Å²) >= 11 is 0. The van der Waals surface area contributed by atoms with Crippen molar-refractivity contribution in [1.29, 1.82) is 0 Å². The van der Waals surface area contributed by atoms with Gasteiger partial charge < -0.3 is 9.73 Å². The van der Waals surface area contributed by atoms with Crippen LogP contribution in [0.4, 0.5) is 0 Å². The van der Waals surface area contributed by atoms with Crippen molar-refractivity contribution in [3.8, 4) is 11.3 Å². The minimum absolute atomic E-state index is 0.134. The minimum atomic E-state index is 0.134. The first-order chi connectivity index (χ1) is 8.11. The zero-order valence-electron chi connectivity index (χ0n) is 10.7. The first kappa shape index (κ1) is 11.9. The van der Waals surface area contributed by atoms with E-state index < -0.39 is 0 Å². The van der Waals surface area contributed by atoms with E-state index in [1.54, 1.807) is 6.20 Å². The number of hydrogen-bond acceptors (Lipinski definition) is 3. The molecule has 1 N–H and O–H groups in total. The van der Waals surface area contributed by atoms with Crippen molar-refractivity contribution in [1.82, 2.24) is 10.3 Å². The van der Waals surface area contributed by atoms with Crippen LogP contribution in [0, 0.1) is 13.8 Å². The van der Waals surface area contributed by atoms with Crippen LogP contribution in [0.5, 0.6) is 0 Å². The number of benzene rings is 1. The minimum Gasteiger partial charge on any atom is -0.439 e. The summed E-state index contributed by atoms with van der Waals surface area (Å²) in [5.41, 5.74) is 3.58. The third kappa shape index (κ3) is 2.39. The third-order valence-corrected chi connectivity index (χ3v) is 2.97. The lowest BCUT2D eigenvalue weighted by Crippen LogP contribution is -2.12. The highest BCUT2D eigenvalue weighted by molar-refractivity contribution is 5.61. The van der Waals surface area contributed by atoms with Gasteiger partial charge in [0.05, 0.1) is 12.2 Å². The van der Waals surface area contributed by atoms with Crippen molar-refractivity contribution >= 4 is 0 Å². The Bertz CT molecular complexity index is 517. The van der Waals surface area contributed by atoms with E-state index in [1.807, 2.05) is 14.0 Å². The van der Waals surface area contributed by atoms with Crippen LogP contribution in [-0.4, -0.2) is 12.0 Å². The SMILES string of the molecule is CNC(C)c1ncc(-c2ccc(C)cc2C)o1. The average Bonchev–Trinajstić information content (AvgIpc) is 2.77. The van der Waals surface area contributed by atoms with Gasteiger partial charge in [0.25, 0.3) is 0 Å². The van der Waals surface area contributed by atoms with E-state index in [4.69, 9.17) is 4.42 Å². The van der Waals surface area contributed by atoms with Crippen LogP contribution in [0.3, 0.4) is 0 Å². The molecule has 0 bridgehead atoms. The molecule has 0 fully saturated rings. The smallest absolute Gasteiger partial charge is 0.211 e. The van der Waals surface area contributed by atoms with Gasteiger partial charge >= 0.3 is 0 Å². The Hall–Kier alpha value is -1.61. The van der Waals surface area contributed by atoms with Gasteiger partial charge in [-0.1, -0.05) is 23.8 Å². The van der Waals surface area contributed by atoms with E-state index in [9.17, 15) is 0 Å². The standard InChI is InChI=1S/C14H18N2O/c1-9-5-6-12(10(2)7-9)13-8-16-14(17-13)11(3)15-4/h5-8,11,15H,1-4H3. The molecule has 1 heterocycles. The summed E-state index contributed by atoms with van der Waals surface area (Å²) in [6, 6.07) is 6.46. The highest BCUT2D eigenvalue weighted by Crippen LogP contribution is 2.26. The molecular formula is C14H18N2O. The lowest BCUT2D eigenvalue weighted by Gasteiger charge is -2.05. The van der Waals surface area contributed by atoms with Crippen molar-refractivity contribution in [2.24, 2.45) is 0 Å². The molecule has 0 saturated carbocycles. The van der Waals surface area contributed by atoms with Crippen LogP contribution in [0.15, 0.2) is 28.8 Å². The van der Waals surface area contributed by atoms with E-state index in [2.05, 4.69) is 42.3 Å². The summed E-state index contributed by atoms with van der Waals surface area (Å²) in [6.07, 6.45) is 1.79. The summed E-state index contributed by atoms with van der Waals surface area (Å²) in [6.45, 7) is 6.20. The Balaban J connectivity index is 2.37. The normalized spacial score (nSPS) is 12.7. The molecule has 3 heteroatoms. The first-order valence-corrected chi connectivity index (χ1v) is 5.82. The second kappa shape index (κ2) is 4.72. The van der Waals surface area contributed by atoms with Gasteiger partial charge in [-0.05, 0) is 33.4 Å². The maximum absolute atomic E-state index is 5.77. The van der Waals surface area contributed by atoms with Crippen LogP contribution >= 0.6 is 0 Å². The zero-order chi connectivity index (χ0) is 12.4. The molecule has 3 nitrogen and oxygen atoms in total. The average molecular weight is 230 g/mol. The fourth-order valence-electron chi connectivity index (χ4n) is 1.83. The quantitative estimate of drug-likeness (QED) is 0.879. The van der Waals surface area contributed by atoms with Crippen molar-refractivity contribution < 1.29 is 4.42 Å². The Morgan fingerprint density at radius 1 is 1.29 bits per heavy atom. The molecular weight excluding hydrogens is 212 g/mol. The summed E-state index contributed by atoms with van der Waals surface area (Å²) in [5, 5.41) is 3.11. The van der Waals surface area contributed by atoms with Crippen LogP contribution < -0.4 is 5.32 Å². The zero-order valence-corrected chi connectivity index (χ0v) is 10.7. The van der Waals surface area contributed by atoms with Gasteiger partial charge in [0, 0.05) is 5.56 Å². The highest BCUT2D eigenvalue weighted by atomic mass is 16.4. The third-order valence-electron chi connectivity index (χ3n) is 2.97. The van der Waals surface area contributed by atoms with Crippen LogP contribution in [-0.2, 0) is 0 Å². The predicted octanol–water partition coefficient (Wildman–Crippen LogP) is 3.24. The van der Waals surface area contributed by atoms with Gasteiger partial charge in [-0.15, -0.1) is 0 Å². The maximum Gasteiger partial charge on any atom is 0.211 e. The van der Waals surface area contributed by atoms with Gasteiger partial charge in [-0.2, -0.15) is 0 Å². The number of aryl methyl sites for hydroxylation is 2. The predicted molar refractivity (Wildman–Crippen MR) is 68.9 cm³/mol. The first-order valence-electron chi connectivity index (χ1n) is 5.82. The molecule has 17 heavy (non-hydrogen) atoms. The Morgan fingerprint density at radius 2 is 2.06 bits per heavy atom. The topological polar surface area (TPSA) is 38.1 Å². The van der Waals surface area contributed by atoms with Gasteiger partial charge in [-0.25, -0.2) is 4.98 Å². The molecule has 0 aliphatic rings. The van der Waals surface area contributed by atoms with Crippen LogP contribution in [0.1, 0.15) is 30.0 Å². The van der Waals surface area contributed by atoms with Gasteiger partial charge in [0.1, 0.15) is 0 Å². The van der Waals surface area contributed by atoms with Crippen molar-refractivity contribution in [3.05, 3.63) is 41.4 Å². The lowest BCUT2D eigenvalue weighted by atomic mass is 10.0. The van der Waals surface area contributed by atoms with E-state index in [0.29, 0.717) is 0 Å². The second-order valence-electron chi connectivity index (χ2n) is 4.39. The largest absolute Gasteiger partial charge is 0.439 e. The Morgan fingerprint density at radius 3 is 2.71 bits per heavy atom. The number of aromatic nitrogens is 1. The summed E-state index contributed by atoms with van der Waals surface area (Å²) in [5.74, 6) is 1.56. The van der Waals surface area contributed by atoms with Crippen molar-refractivity contribution in [3.63, 3.8) is 0 Å². The van der Waals surface area contributed by atoms with Gasteiger partial charge in [0.15, 0.2) is 5.76 Å². The number of rotatable bonds is 3. The van der Waals surface area contributed by atoms with E-state index in [-0.39, 0.29) is 6.04 Å². The number of nitrogens with zero attached hydrogens (tertiary/aromatic N) is 1. The van der Waals surface area contributed by atoms with Crippen LogP contribution in [0.2, 0.25) is 0 Å². The molecule has 0 aliphatic carbocycles. The van der Waals surface area contributed by atoms with Crippen molar-refractivity contribution in [2.75, 3.05) is 7.05 Å². The molecule has 2 rings (SSSR count). The monoisotopic (exact) mass is 230 g/mol. The van der Waals surface area contributed by atoms with Gasteiger partial charge in [-0.3, -0.25) is 0 Å². The second-order valence-corrected chi connectivity index (χ2v) is 4.39. The molecule has 1 aromatic heterocycles. The molecule has 90 valence electrons. The molecule has 0 amide bonds. The fourth-order valence-corrected chi connectivity index (χ4v) is 1.83. The maximum atomic E-state index is 5.77.